The van der Waals surface area contributed by atoms with E-state index in [-0.39, 0.29) is 17.0 Å². The van der Waals surface area contributed by atoms with Crippen LogP contribution in [0.2, 0.25) is 0 Å². The lowest BCUT2D eigenvalue weighted by molar-refractivity contribution is 0.116. The number of aliphatic hydroxyl groups excluding tert-OH is 1. The maximum Gasteiger partial charge on any atom is 0.240 e. The molecule has 1 aromatic carbocycles. The average molecular weight is 284 g/mol. The van der Waals surface area contributed by atoms with Crippen LogP contribution in [0.5, 0.6) is 0 Å². The van der Waals surface area contributed by atoms with Crippen LogP contribution in [0.4, 0.5) is 5.69 Å². The van der Waals surface area contributed by atoms with Crippen LogP contribution in [0.1, 0.15) is 25.7 Å². The summed E-state index contributed by atoms with van der Waals surface area (Å²) in [4.78, 5) is 0.241. The Morgan fingerprint density at radius 2 is 1.79 bits per heavy atom. The number of hydrogen-bond acceptors (Lipinski definition) is 4. The van der Waals surface area contributed by atoms with Gasteiger partial charge < -0.3 is 10.4 Å². The van der Waals surface area contributed by atoms with E-state index in [1.54, 1.807) is 24.3 Å². The monoisotopic (exact) mass is 284 g/mol. The molecule has 0 bridgehead atoms. The van der Waals surface area contributed by atoms with Crippen LogP contribution >= 0.6 is 0 Å². The maximum atomic E-state index is 11.6. The largest absolute Gasteiger partial charge is 0.391 e. The lowest BCUT2D eigenvalue weighted by Gasteiger charge is -2.29. The van der Waals surface area contributed by atoms with Gasteiger partial charge in [0, 0.05) is 5.69 Å². The summed E-state index contributed by atoms with van der Waals surface area (Å²) >= 11 is 0. The summed E-state index contributed by atoms with van der Waals surface area (Å²) in [5.41, 5.74) is 0.834. The van der Waals surface area contributed by atoms with Crippen molar-refractivity contribution in [2.45, 2.75) is 42.7 Å². The molecule has 2 atom stereocenters. The van der Waals surface area contributed by atoms with E-state index in [9.17, 15) is 13.5 Å². The van der Waals surface area contributed by atoms with Crippen molar-refractivity contribution in [3.05, 3.63) is 24.3 Å². The van der Waals surface area contributed by atoms with E-state index in [1.807, 2.05) is 0 Å². The van der Waals surface area contributed by atoms with Gasteiger partial charge in [0.05, 0.1) is 17.0 Å². The van der Waals surface area contributed by atoms with Crippen LogP contribution in [0.3, 0.4) is 0 Å². The predicted molar refractivity (Wildman–Crippen MR) is 74.6 cm³/mol. The van der Waals surface area contributed by atoms with E-state index in [2.05, 4.69) is 10.0 Å². The van der Waals surface area contributed by atoms with Gasteiger partial charge in [-0.3, -0.25) is 0 Å². The van der Waals surface area contributed by atoms with Gasteiger partial charge in [0.25, 0.3) is 0 Å². The van der Waals surface area contributed by atoms with Crippen LogP contribution in [0, 0.1) is 0 Å². The summed E-state index contributed by atoms with van der Waals surface area (Å²) in [6, 6.07) is 6.63. The van der Waals surface area contributed by atoms with E-state index in [0.717, 1.165) is 31.4 Å². The smallest absolute Gasteiger partial charge is 0.240 e. The molecular formula is C13H20N2O3S. The number of nitrogens with one attached hydrogen (secondary N) is 2. The molecule has 1 aliphatic rings. The maximum absolute atomic E-state index is 11.6. The third kappa shape index (κ3) is 3.46. The van der Waals surface area contributed by atoms with Crippen molar-refractivity contribution >= 4 is 15.7 Å². The average Bonchev–Trinajstić information content (AvgIpc) is 2.42. The zero-order chi connectivity index (χ0) is 13.9. The highest BCUT2D eigenvalue weighted by Gasteiger charge is 2.22. The number of benzene rings is 1. The highest BCUT2D eigenvalue weighted by molar-refractivity contribution is 7.89. The molecule has 0 aromatic heterocycles. The molecule has 5 nitrogen and oxygen atoms in total. The fraction of sp³-hybridized carbons (Fsp3) is 0.538. The lowest BCUT2D eigenvalue weighted by atomic mass is 9.92. The zero-order valence-corrected chi connectivity index (χ0v) is 11.8. The molecule has 0 heterocycles. The van der Waals surface area contributed by atoms with E-state index >= 15 is 0 Å². The summed E-state index contributed by atoms with van der Waals surface area (Å²) < 4.78 is 25.4. The molecule has 3 N–H and O–H groups in total. The molecule has 0 spiro atoms. The SMILES string of the molecule is CNS(=O)(=O)c1ccc(NC2CCCCC2O)cc1. The van der Waals surface area contributed by atoms with Crippen LogP contribution in [-0.4, -0.2) is 32.7 Å². The van der Waals surface area contributed by atoms with Crippen molar-refractivity contribution in [1.29, 1.82) is 0 Å². The standard InChI is InChI=1S/C13H20N2O3S/c1-14-19(17,18)11-8-6-10(7-9-11)15-12-4-2-3-5-13(12)16/h6-9,12-16H,2-5H2,1H3. The topological polar surface area (TPSA) is 78.4 Å². The third-order valence-corrected chi connectivity index (χ3v) is 4.95. The highest BCUT2D eigenvalue weighted by atomic mass is 32.2. The van der Waals surface area contributed by atoms with Crippen molar-refractivity contribution in [2.24, 2.45) is 0 Å². The minimum absolute atomic E-state index is 0.0560. The van der Waals surface area contributed by atoms with Gasteiger partial charge in [-0.15, -0.1) is 0 Å². The van der Waals surface area contributed by atoms with Gasteiger partial charge in [-0.25, -0.2) is 13.1 Å². The third-order valence-electron chi connectivity index (χ3n) is 3.51. The molecule has 19 heavy (non-hydrogen) atoms. The lowest BCUT2D eigenvalue weighted by Crippen LogP contribution is -2.36. The van der Waals surface area contributed by atoms with E-state index < -0.39 is 10.0 Å². The summed E-state index contributed by atoms with van der Waals surface area (Å²) in [6.07, 6.45) is 3.62. The molecule has 0 aliphatic heterocycles. The number of sulfonamides is 1. The predicted octanol–water partition coefficient (Wildman–Crippen LogP) is 1.31. The van der Waals surface area contributed by atoms with Crippen LogP contribution < -0.4 is 10.0 Å². The molecule has 1 saturated carbocycles. The van der Waals surface area contributed by atoms with Crippen LogP contribution in [-0.2, 0) is 10.0 Å². The molecular weight excluding hydrogens is 264 g/mol. The molecule has 106 valence electrons. The molecule has 0 amide bonds. The second kappa shape index (κ2) is 5.90. The minimum Gasteiger partial charge on any atom is -0.391 e. The van der Waals surface area contributed by atoms with Gasteiger partial charge in [-0.05, 0) is 44.2 Å². The number of rotatable bonds is 4. The molecule has 2 unspecified atom stereocenters. The van der Waals surface area contributed by atoms with E-state index in [0.29, 0.717) is 0 Å². The first-order chi connectivity index (χ1) is 9.03. The van der Waals surface area contributed by atoms with Crippen molar-refractivity contribution in [2.75, 3.05) is 12.4 Å². The summed E-state index contributed by atoms with van der Waals surface area (Å²) in [5, 5.41) is 13.1. The highest BCUT2D eigenvalue weighted by Crippen LogP contribution is 2.23. The van der Waals surface area contributed by atoms with Gasteiger partial charge in [0.1, 0.15) is 0 Å². The van der Waals surface area contributed by atoms with Crippen molar-refractivity contribution in [3.8, 4) is 0 Å². The molecule has 1 aromatic rings. The second-order valence-electron chi connectivity index (χ2n) is 4.83. The second-order valence-corrected chi connectivity index (χ2v) is 6.72. The van der Waals surface area contributed by atoms with Crippen molar-refractivity contribution < 1.29 is 13.5 Å². The summed E-state index contributed by atoms with van der Waals surface area (Å²) in [5.74, 6) is 0. The van der Waals surface area contributed by atoms with Gasteiger partial charge in [-0.2, -0.15) is 0 Å². The molecule has 1 aliphatic carbocycles. The first kappa shape index (κ1) is 14.3. The quantitative estimate of drug-likeness (QED) is 0.779. The van der Waals surface area contributed by atoms with Gasteiger partial charge in [0.2, 0.25) is 10.0 Å². The Balaban J connectivity index is 2.06. The van der Waals surface area contributed by atoms with Gasteiger partial charge >= 0.3 is 0 Å². The number of anilines is 1. The minimum atomic E-state index is -3.39. The molecule has 0 saturated heterocycles. The molecule has 1 fully saturated rings. The Labute approximate surface area is 114 Å². The number of aliphatic hydroxyl groups is 1. The molecule has 6 heteroatoms. The van der Waals surface area contributed by atoms with Crippen molar-refractivity contribution in [3.63, 3.8) is 0 Å². The Morgan fingerprint density at radius 1 is 1.16 bits per heavy atom. The molecule has 0 radical (unpaired) electrons. The zero-order valence-electron chi connectivity index (χ0n) is 11.0. The first-order valence-electron chi connectivity index (χ1n) is 6.51. The van der Waals surface area contributed by atoms with Crippen molar-refractivity contribution in [1.82, 2.24) is 4.72 Å². The van der Waals surface area contributed by atoms with Gasteiger partial charge in [-0.1, -0.05) is 12.8 Å². The Kier molecular flexibility index (Phi) is 4.44. The number of hydrogen-bond donors (Lipinski definition) is 3. The summed E-state index contributed by atoms with van der Waals surface area (Å²) in [6.45, 7) is 0. The molecule has 2 rings (SSSR count). The summed E-state index contributed by atoms with van der Waals surface area (Å²) in [7, 11) is -2.00. The van der Waals surface area contributed by atoms with Crippen LogP contribution in [0.25, 0.3) is 0 Å². The van der Waals surface area contributed by atoms with E-state index in [4.69, 9.17) is 0 Å². The van der Waals surface area contributed by atoms with Crippen LogP contribution in [0.15, 0.2) is 29.2 Å². The Bertz CT molecular complexity index is 513. The normalized spacial score (nSPS) is 24.1. The fourth-order valence-corrected chi connectivity index (χ4v) is 3.07. The fourth-order valence-electron chi connectivity index (χ4n) is 2.34. The Morgan fingerprint density at radius 3 is 2.37 bits per heavy atom. The first-order valence-corrected chi connectivity index (χ1v) is 7.99. The Hall–Kier alpha value is -1.11. The van der Waals surface area contributed by atoms with Gasteiger partial charge in [0.15, 0.2) is 0 Å². The van der Waals surface area contributed by atoms with E-state index in [1.165, 1.54) is 7.05 Å².